The van der Waals surface area contributed by atoms with Crippen molar-refractivity contribution in [1.29, 1.82) is 0 Å². The van der Waals surface area contributed by atoms with E-state index in [-0.39, 0.29) is 18.2 Å². The quantitative estimate of drug-likeness (QED) is 0.809. The fourth-order valence-electron chi connectivity index (χ4n) is 2.90. The highest BCUT2D eigenvalue weighted by atomic mass is 16.6. The highest BCUT2D eigenvalue weighted by molar-refractivity contribution is 5.74. The molecule has 6 nitrogen and oxygen atoms in total. The van der Waals surface area contributed by atoms with Crippen LogP contribution in [0.3, 0.4) is 0 Å². The van der Waals surface area contributed by atoms with Crippen LogP contribution in [0.2, 0.25) is 0 Å². The summed E-state index contributed by atoms with van der Waals surface area (Å²) >= 11 is 0. The summed E-state index contributed by atoms with van der Waals surface area (Å²) in [6, 6.07) is 0.212. The van der Waals surface area contributed by atoms with E-state index in [4.69, 9.17) is 4.74 Å². The molecule has 3 amide bonds. The lowest BCUT2D eigenvalue weighted by molar-refractivity contribution is 0.0200. The van der Waals surface area contributed by atoms with Gasteiger partial charge in [0.05, 0.1) is 0 Å². The van der Waals surface area contributed by atoms with Gasteiger partial charge in [0.25, 0.3) is 0 Å². The highest BCUT2D eigenvalue weighted by Gasteiger charge is 2.28. The average molecular weight is 311 g/mol. The van der Waals surface area contributed by atoms with Crippen molar-refractivity contribution in [2.24, 2.45) is 0 Å². The number of piperidine rings is 2. The van der Waals surface area contributed by atoms with Crippen LogP contribution >= 0.6 is 0 Å². The Bertz CT molecular complexity index is 392. The van der Waals surface area contributed by atoms with Gasteiger partial charge >= 0.3 is 12.1 Å². The summed E-state index contributed by atoms with van der Waals surface area (Å²) in [5.74, 6) is 0. The van der Waals surface area contributed by atoms with Gasteiger partial charge in [-0.2, -0.15) is 0 Å². The van der Waals surface area contributed by atoms with Gasteiger partial charge in [-0.05, 0) is 52.9 Å². The van der Waals surface area contributed by atoms with Gasteiger partial charge in [-0.25, -0.2) is 9.59 Å². The minimum Gasteiger partial charge on any atom is -0.444 e. The van der Waals surface area contributed by atoms with Crippen LogP contribution in [0.1, 0.15) is 52.9 Å². The van der Waals surface area contributed by atoms with Gasteiger partial charge in [0.1, 0.15) is 5.60 Å². The van der Waals surface area contributed by atoms with Crippen molar-refractivity contribution in [1.82, 2.24) is 15.1 Å². The van der Waals surface area contributed by atoms with Crippen LogP contribution < -0.4 is 5.32 Å². The Morgan fingerprint density at radius 3 is 2.09 bits per heavy atom. The minimum absolute atomic E-state index is 0.0513. The van der Waals surface area contributed by atoms with Crippen LogP contribution in [0.25, 0.3) is 0 Å². The number of rotatable bonds is 1. The second-order valence-electron chi connectivity index (χ2n) is 7.24. The van der Waals surface area contributed by atoms with Crippen molar-refractivity contribution in [3.8, 4) is 0 Å². The van der Waals surface area contributed by atoms with Crippen LogP contribution in [0, 0.1) is 0 Å². The molecule has 2 saturated heterocycles. The van der Waals surface area contributed by atoms with Crippen molar-refractivity contribution >= 4 is 12.1 Å². The predicted molar refractivity (Wildman–Crippen MR) is 84.8 cm³/mol. The zero-order valence-corrected chi connectivity index (χ0v) is 14.1. The first-order valence-corrected chi connectivity index (χ1v) is 8.38. The van der Waals surface area contributed by atoms with Crippen molar-refractivity contribution in [2.75, 3.05) is 26.2 Å². The molecule has 0 aliphatic carbocycles. The van der Waals surface area contributed by atoms with Crippen LogP contribution in [0.15, 0.2) is 0 Å². The molecule has 2 rings (SSSR count). The summed E-state index contributed by atoms with van der Waals surface area (Å²) < 4.78 is 5.38. The van der Waals surface area contributed by atoms with E-state index in [2.05, 4.69) is 5.32 Å². The topological polar surface area (TPSA) is 61.9 Å². The molecule has 0 bridgehead atoms. The molecule has 22 heavy (non-hydrogen) atoms. The largest absolute Gasteiger partial charge is 0.444 e. The maximum atomic E-state index is 12.2. The molecule has 0 spiro atoms. The summed E-state index contributed by atoms with van der Waals surface area (Å²) in [6.07, 6.45) is 4.75. The van der Waals surface area contributed by atoms with Gasteiger partial charge in [-0.15, -0.1) is 0 Å². The smallest absolute Gasteiger partial charge is 0.410 e. The molecule has 0 atom stereocenters. The molecule has 0 aromatic carbocycles. The number of nitrogens with zero attached hydrogens (tertiary/aromatic N) is 2. The van der Waals surface area contributed by atoms with Crippen LogP contribution in [0.4, 0.5) is 9.59 Å². The predicted octanol–water partition coefficient (Wildman–Crippen LogP) is 2.58. The highest BCUT2D eigenvalue weighted by Crippen LogP contribution is 2.16. The number of carbonyl (C=O) groups excluding carboxylic acids is 2. The second kappa shape index (κ2) is 7.20. The van der Waals surface area contributed by atoms with Crippen molar-refractivity contribution in [3.63, 3.8) is 0 Å². The number of carbonyl (C=O) groups is 2. The van der Waals surface area contributed by atoms with Gasteiger partial charge in [0.2, 0.25) is 0 Å². The molecular weight excluding hydrogens is 282 g/mol. The Balaban J connectivity index is 1.72. The summed E-state index contributed by atoms with van der Waals surface area (Å²) in [5.41, 5.74) is -0.462. The van der Waals surface area contributed by atoms with Crippen molar-refractivity contribution < 1.29 is 14.3 Å². The molecule has 0 radical (unpaired) electrons. The Kier molecular flexibility index (Phi) is 5.53. The van der Waals surface area contributed by atoms with E-state index in [9.17, 15) is 9.59 Å². The fourth-order valence-corrected chi connectivity index (χ4v) is 2.90. The lowest BCUT2D eigenvalue weighted by Crippen LogP contribution is -2.51. The van der Waals surface area contributed by atoms with E-state index < -0.39 is 5.60 Å². The maximum absolute atomic E-state index is 12.2. The zero-order valence-electron chi connectivity index (χ0n) is 14.1. The van der Waals surface area contributed by atoms with E-state index in [0.717, 1.165) is 38.8 Å². The molecule has 2 aliphatic rings. The number of likely N-dealkylation sites (tertiary alicyclic amines) is 2. The molecule has 2 aliphatic heterocycles. The standard InChI is InChI=1S/C16H29N3O3/c1-16(2,3)22-15(21)19-11-7-13(8-12-19)17-14(20)18-9-5-4-6-10-18/h13H,4-12H2,1-3H3,(H,17,20). The summed E-state index contributed by atoms with van der Waals surface area (Å²) in [5, 5.41) is 3.10. The molecule has 0 saturated carbocycles. The number of ether oxygens (including phenoxy) is 1. The summed E-state index contributed by atoms with van der Waals surface area (Å²) in [7, 11) is 0. The third kappa shape index (κ3) is 5.07. The zero-order chi connectivity index (χ0) is 16.2. The molecule has 0 aromatic heterocycles. The Labute approximate surface area is 133 Å². The van der Waals surface area contributed by atoms with E-state index in [1.165, 1.54) is 6.42 Å². The Morgan fingerprint density at radius 2 is 1.55 bits per heavy atom. The Morgan fingerprint density at radius 1 is 0.955 bits per heavy atom. The normalized spacial score (nSPS) is 20.7. The monoisotopic (exact) mass is 311 g/mol. The molecule has 126 valence electrons. The third-order valence-electron chi connectivity index (χ3n) is 4.12. The first-order valence-electron chi connectivity index (χ1n) is 8.38. The van der Waals surface area contributed by atoms with Gasteiger partial charge < -0.3 is 19.9 Å². The number of hydrogen-bond acceptors (Lipinski definition) is 3. The molecular formula is C16H29N3O3. The maximum Gasteiger partial charge on any atom is 0.410 e. The van der Waals surface area contributed by atoms with Gasteiger partial charge in [0.15, 0.2) is 0 Å². The Hall–Kier alpha value is -1.46. The fraction of sp³-hybridized carbons (Fsp3) is 0.875. The average Bonchev–Trinajstić information content (AvgIpc) is 2.47. The number of amides is 3. The number of urea groups is 1. The van der Waals surface area contributed by atoms with Gasteiger partial charge in [-0.1, -0.05) is 0 Å². The minimum atomic E-state index is -0.462. The van der Waals surface area contributed by atoms with E-state index in [1.807, 2.05) is 25.7 Å². The molecule has 6 heteroatoms. The molecule has 2 fully saturated rings. The van der Waals surface area contributed by atoms with Crippen LogP contribution in [0.5, 0.6) is 0 Å². The summed E-state index contributed by atoms with van der Waals surface area (Å²) in [6.45, 7) is 8.62. The SMILES string of the molecule is CC(C)(C)OC(=O)N1CCC(NC(=O)N2CCCCC2)CC1. The van der Waals surface area contributed by atoms with Gasteiger partial charge in [-0.3, -0.25) is 0 Å². The molecule has 2 heterocycles. The van der Waals surface area contributed by atoms with Crippen LogP contribution in [-0.4, -0.2) is 59.7 Å². The lowest BCUT2D eigenvalue weighted by Gasteiger charge is -2.35. The van der Waals surface area contributed by atoms with Crippen LogP contribution in [-0.2, 0) is 4.74 Å². The second-order valence-corrected chi connectivity index (χ2v) is 7.24. The number of hydrogen-bond donors (Lipinski definition) is 1. The summed E-state index contributed by atoms with van der Waals surface area (Å²) in [4.78, 5) is 27.8. The lowest BCUT2D eigenvalue weighted by atomic mass is 10.1. The number of nitrogens with one attached hydrogen (secondary N) is 1. The van der Waals surface area contributed by atoms with E-state index >= 15 is 0 Å². The third-order valence-corrected chi connectivity index (χ3v) is 4.12. The molecule has 1 N–H and O–H groups in total. The molecule has 0 aromatic rings. The molecule has 0 unspecified atom stereocenters. The van der Waals surface area contributed by atoms with Gasteiger partial charge in [0, 0.05) is 32.2 Å². The first kappa shape index (κ1) is 16.9. The van der Waals surface area contributed by atoms with Crippen molar-refractivity contribution in [3.05, 3.63) is 0 Å². The van der Waals surface area contributed by atoms with E-state index in [0.29, 0.717) is 13.1 Å². The van der Waals surface area contributed by atoms with Crippen molar-refractivity contribution in [2.45, 2.75) is 64.5 Å². The first-order chi connectivity index (χ1) is 10.3. The van der Waals surface area contributed by atoms with E-state index in [1.54, 1.807) is 4.90 Å².